The first-order valence-electron chi connectivity index (χ1n) is 9.71. The van der Waals surface area contributed by atoms with Crippen LogP contribution in [0.25, 0.3) is 6.08 Å². The summed E-state index contributed by atoms with van der Waals surface area (Å²) in [5.74, 6) is 0.0451. The van der Waals surface area contributed by atoms with Gasteiger partial charge in [0.05, 0.1) is 26.3 Å². The second-order valence-corrected chi connectivity index (χ2v) is 9.70. The van der Waals surface area contributed by atoms with Gasteiger partial charge in [0.1, 0.15) is 0 Å². The molecule has 0 radical (unpaired) electrons. The van der Waals surface area contributed by atoms with E-state index in [2.05, 4.69) is 0 Å². The Hall–Kier alpha value is -2.18. The fourth-order valence-corrected chi connectivity index (χ4v) is 5.48. The smallest absolute Gasteiger partial charge is 0.271 e. The largest absolute Gasteiger partial charge is 0.294 e. The van der Waals surface area contributed by atoms with Gasteiger partial charge >= 0.3 is 0 Å². The van der Waals surface area contributed by atoms with Crippen LogP contribution >= 0.6 is 46.1 Å². The number of benzene rings is 2. The summed E-state index contributed by atoms with van der Waals surface area (Å²) in [6.45, 7) is 0. The molecule has 8 heteroatoms. The van der Waals surface area contributed by atoms with Crippen molar-refractivity contribution in [3.05, 3.63) is 99.6 Å². The van der Waals surface area contributed by atoms with Crippen molar-refractivity contribution < 1.29 is 4.79 Å². The minimum Gasteiger partial charge on any atom is -0.294 e. The number of thiazole rings is 1. The molecule has 2 aliphatic rings. The molecule has 2 aromatic carbocycles. The van der Waals surface area contributed by atoms with Gasteiger partial charge in [-0.15, -0.1) is 0 Å². The zero-order valence-electron chi connectivity index (χ0n) is 16.1. The number of rotatable bonds is 2. The highest BCUT2D eigenvalue weighted by molar-refractivity contribution is 7.07. The summed E-state index contributed by atoms with van der Waals surface area (Å²) in [5, 5.41) is 1.47. The molecular formula is C23H15Cl3N2O2S. The predicted molar refractivity (Wildman–Crippen MR) is 125 cm³/mol. The van der Waals surface area contributed by atoms with Crippen molar-refractivity contribution in [2.45, 2.75) is 25.3 Å². The molecule has 4 nitrogen and oxygen atoms in total. The summed E-state index contributed by atoms with van der Waals surface area (Å²) in [7, 11) is 0. The summed E-state index contributed by atoms with van der Waals surface area (Å²) in [5.41, 5.74) is 2.80. The maximum atomic E-state index is 13.5. The molecule has 0 saturated carbocycles. The number of hydrogen-bond donors (Lipinski definition) is 0. The van der Waals surface area contributed by atoms with Crippen molar-refractivity contribution in [2.24, 2.45) is 4.99 Å². The lowest BCUT2D eigenvalue weighted by Crippen LogP contribution is -2.40. The predicted octanol–water partition coefficient (Wildman–Crippen LogP) is 4.93. The van der Waals surface area contributed by atoms with Gasteiger partial charge in [0.15, 0.2) is 10.6 Å². The molecule has 0 amide bonds. The molecule has 31 heavy (non-hydrogen) atoms. The second-order valence-electron chi connectivity index (χ2n) is 7.44. The Labute approximate surface area is 196 Å². The number of hydrogen-bond acceptors (Lipinski definition) is 4. The zero-order valence-corrected chi connectivity index (χ0v) is 19.2. The van der Waals surface area contributed by atoms with E-state index in [4.69, 9.17) is 39.8 Å². The molecule has 1 aliphatic heterocycles. The maximum Gasteiger partial charge on any atom is 0.271 e. The Bertz CT molecular complexity index is 1430. The fourth-order valence-electron chi connectivity index (χ4n) is 4.02. The molecule has 5 rings (SSSR count). The van der Waals surface area contributed by atoms with Crippen LogP contribution in [0.3, 0.4) is 0 Å². The Morgan fingerprint density at radius 1 is 1.00 bits per heavy atom. The number of aromatic nitrogens is 1. The van der Waals surface area contributed by atoms with Crippen LogP contribution in [0.15, 0.2) is 63.5 Å². The van der Waals surface area contributed by atoms with Gasteiger partial charge in [-0.05, 0) is 54.3 Å². The Kier molecular flexibility index (Phi) is 5.39. The third kappa shape index (κ3) is 3.70. The van der Waals surface area contributed by atoms with Gasteiger partial charge in [-0.1, -0.05) is 64.3 Å². The highest BCUT2D eigenvalue weighted by Gasteiger charge is 2.34. The molecule has 0 bridgehead atoms. The quantitative estimate of drug-likeness (QED) is 0.513. The van der Waals surface area contributed by atoms with Gasteiger partial charge in [-0.25, -0.2) is 4.99 Å². The first kappa shape index (κ1) is 20.7. The number of allylic oxidation sites excluding steroid dienone is 2. The average Bonchev–Trinajstić information content (AvgIpc) is 3.05. The zero-order chi connectivity index (χ0) is 21.7. The standard InChI is InChI=1S/C23H15Cl3N2O2S/c24-14-7-5-13(6-8-14)21-20-17(2-1-3-18(20)29)27-23-28(21)22(30)19(31-23)11-12-4-9-15(25)16(26)10-12/h4-11,21H,1-3H2. The van der Waals surface area contributed by atoms with Crippen LogP contribution in [0.2, 0.25) is 15.1 Å². The van der Waals surface area contributed by atoms with E-state index in [0.29, 0.717) is 36.4 Å². The molecule has 3 aromatic rings. The minimum absolute atomic E-state index is 0.0451. The summed E-state index contributed by atoms with van der Waals surface area (Å²) in [6.07, 6.45) is 3.74. The van der Waals surface area contributed by atoms with Gasteiger partial charge in [0.25, 0.3) is 5.56 Å². The number of carbonyl (C=O) groups excluding carboxylic acids is 1. The van der Waals surface area contributed by atoms with Crippen LogP contribution in [-0.4, -0.2) is 10.4 Å². The lowest BCUT2D eigenvalue weighted by atomic mass is 9.86. The van der Waals surface area contributed by atoms with E-state index in [9.17, 15) is 9.59 Å². The fraction of sp³-hybridized carbons (Fsp3) is 0.174. The van der Waals surface area contributed by atoms with Crippen molar-refractivity contribution in [2.75, 3.05) is 0 Å². The van der Waals surface area contributed by atoms with Crippen molar-refractivity contribution >= 4 is 58.0 Å². The molecule has 1 aliphatic carbocycles. The minimum atomic E-state index is -0.507. The second kappa shape index (κ2) is 8.06. The first-order chi connectivity index (χ1) is 14.9. The van der Waals surface area contributed by atoms with Gasteiger partial charge in [-0.3, -0.25) is 14.2 Å². The molecule has 1 unspecified atom stereocenters. The number of carbonyl (C=O) groups is 1. The van der Waals surface area contributed by atoms with Crippen LogP contribution in [0.4, 0.5) is 0 Å². The molecule has 0 saturated heterocycles. The Morgan fingerprint density at radius 2 is 1.77 bits per heavy atom. The van der Waals surface area contributed by atoms with E-state index in [0.717, 1.165) is 29.7 Å². The van der Waals surface area contributed by atoms with Gasteiger partial charge in [-0.2, -0.15) is 0 Å². The highest BCUT2D eigenvalue weighted by Crippen LogP contribution is 2.36. The molecule has 156 valence electrons. The average molecular weight is 490 g/mol. The molecule has 2 heterocycles. The number of fused-ring (bicyclic) bond motifs is 1. The van der Waals surface area contributed by atoms with E-state index >= 15 is 0 Å². The monoisotopic (exact) mass is 488 g/mol. The summed E-state index contributed by atoms with van der Waals surface area (Å²) < 4.78 is 2.14. The van der Waals surface area contributed by atoms with E-state index in [1.807, 2.05) is 12.1 Å². The summed E-state index contributed by atoms with van der Waals surface area (Å²) in [6, 6.07) is 12.0. The maximum absolute atomic E-state index is 13.5. The van der Waals surface area contributed by atoms with Crippen molar-refractivity contribution in [1.82, 2.24) is 4.57 Å². The molecule has 0 N–H and O–H groups in total. The molecule has 1 aromatic heterocycles. The normalized spacial score (nSPS) is 18.6. The topological polar surface area (TPSA) is 51.4 Å². The summed E-state index contributed by atoms with van der Waals surface area (Å²) >= 11 is 19.5. The Balaban J connectivity index is 1.75. The van der Waals surface area contributed by atoms with Gasteiger partial charge in [0, 0.05) is 17.0 Å². The van der Waals surface area contributed by atoms with Crippen LogP contribution in [-0.2, 0) is 4.79 Å². The van der Waals surface area contributed by atoms with Crippen molar-refractivity contribution in [3.63, 3.8) is 0 Å². The van der Waals surface area contributed by atoms with Gasteiger partial charge in [0.2, 0.25) is 0 Å². The Morgan fingerprint density at radius 3 is 2.52 bits per heavy atom. The highest BCUT2D eigenvalue weighted by atomic mass is 35.5. The number of halogens is 3. The SMILES string of the molecule is O=C1CCCC2=C1C(c1ccc(Cl)cc1)n1c(sc(=Cc3ccc(Cl)c(Cl)c3)c1=O)=N2. The third-order valence-electron chi connectivity index (χ3n) is 5.46. The molecule has 1 atom stereocenters. The third-order valence-corrected chi connectivity index (χ3v) is 7.43. The number of nitrogens with zero attached hydrogens (tertiary/aromatic N) is 2. The van der Waals surface area contributed by atoms with Crippen molar-refractivity contribution in [1.29, 1.82) is 0 Å². The number of Topliss-reactive ketones (excluding diaryl/α,β-unsaturated/α-hetero) is 1. The van der Waals surface area contributed by atoms with Crippen LogP contribution in [0.1, 0.15) is 36.4 Å². The molecule has 0 spiro atoms. The van der Waals surface area contributed by atoms with Crippen LogP contribution in [0, 0.1) is 0 Å². The van der Waals surface area contributed by atoms with E-state index in [1.54, 1.807) is 41.0 Å². The lowest BCUT2D eigenvalue weighted by Gasteiger charge is -2.28. The number of ketones is 1. The summed E-state index contributed by atoms with van der Waals surface area (Å²) in [4.78, 5) is 31.6. The van der Waals surface area contributed by atoms with Crippen LogP contribution in [0.5, 0.6) is 0 Å². The van der Waals surface area contributed by atoms with Gasteiger partial charge < -0.3 is 0 Å². The molecule has 0 fully saturated rings. The van der Waals surface area contributed by atoms with E-state index in [-0.39, 0.29) is 11.3 Å². The lowest BCUT2D eigenvalue weighted by molar-refractivity contribution is -0.116. The van der Waals surface area contributed by atoms with Crippen LogP contribution < -0.4 is 14.9 Å². The van der Waals surface area contributed by atoms with Crippen molar-refractivity contribution in [3.8, 4) is 0 Å². The van der Waals surface area contributed by atoms with E-state index in [1.165, 1.54) is 11.3 Å². The van der Waals surface area contributed by atoms with E-state index < -0.39 is 6.04 Å². The first-order valence-corrected chi connectivity index (χ1v) is 11.7. The molecular weight excluding hydrogens is 475 g/mol.